The standard InChI is InChI=1S/C21H31N3O3/c1-16-12-17(2)14-19(13-16)21(26)24-6-3-4-18(15-24)20(25)22-5-7-23-8-10-27-11-9-23/h12-14,18H,3-11,15H2,1-2H3,(H,22,25)/t18-/m1/s1. The Morgan fingerprint density at radius 3 is 2.52 bits per heavy atom. The predicted octanol–water partition coefficient (Wildman–Crippen LogP) is 1.60. The highest BCUT2D eigenvalue weighted by atomic mass is 16.5. The van der Waals surface area contributed by atoms with Crippen LogP contribution in [0.2, 0.25) is 0 Å². The summed E-state index contributed by atoms with van der Waals surface area (Å²) < 4.78 is 5.34. The molecule has 1 aromatic rings. The molecule has 1 atom stereocenters. The number of aryl methyl sites for hydroxylation is 2. The maximum Gasteiger partial charge on any atom is 0.253 e. The zero-order valence-electron chi connectivity index (χ0n) is 16.5. The van der Waals surface area contributed by atoms with Gasteiger partial charge in [0, 0.05) is 44.8 Å². The first-order chi connectivity index (χ1) is 13.0. The minimum atomic E-state index is -0.113. The van der Waals surface area contributed by atoms with Gasteiger partial charge in [0.15, 0.2) is 0 Å². The Kier molecular flexibility index (Phi) is 6.85. The van der Waals surface area contributed by atoms with Crippen LogP contribution in [-0.2, 0) is 9.53 Å². The van der Waals surface area contributed by atoms with E-state index in [0.717, 1.165) is 68.9 Å². The summed E-state index contributed by atoms with van der Waals surface area (Å²) in [7, 11) is 0. The molecule has 0 saturated carbocycles. The van der Waals surface area contributed by atoms with Crippen molar-refractivity contribution in [3.63, 3.8) is 0 Å². The van der Waals surface area contributed by atoms with Gasteiger partial charge < -0.3 is 15.0 Å². The molecule has 148 valence electrons. The Morgan fingerprint density at radius 1 is 1.11 bits per heavy atom. The number of piperidine rings is 1. The second kappa shape index (κ2) is 9.33. The fourth-order valence-electron chi connectivity index (χ4n) is 3.96. The van der Waals surface area contributed by atoms with Gasteiger partial charge in [0.25, 0.3) is 5.91 Å². The molecule has 0 bridgehead atoms. The number of amides is 2. The van der Waals surface area contributed by atoms with E-state index in [2.05, 4.69) is 16.3 Å². The number of nitrogens with zero attached hydrogens (tertiary/aromatic N) is 2. The molecule has 1 aromatic carbocycles. The molecule has 0 spiro atoms. The minimum absolute atomic E-state index is 0.0348. The van der Waals surface area contributed by atoms with Crippen LogP contribution in [0.3, 0.4) is 0 Å². The quantitative estimate of drug-likeness (QED) is 0.852. The largest absolute Gasteiger partial charge is 0.379 e. The van der Waals surface area contributed by atoms with Crippen molar-refractivity contribution < 1.29 is 14.3 Å². The van der Waals surface area contributed by atoms with Crippen LogP contribution >= 0.6 is 0 Å². The van der Waals surface area contributed by atoms with Crippen LogP contribution in [-0.4, -0.2) is 74.1 Å². The molecule has 1 N–H and O–H groups in total. The summed E-state index contributed by atoms with van der Waals surface area (Å²) in [6.45, 7) is 10.1. The Morgan fingerprint density at radius 2 is 1.81 bits per heavy atom. The van der Waals surface area contributed by atoms with Gasteiger partial charge >= 0.3 is 0 Å². The highest BCUT2D eigenvalue weighted by Crippen LogP contribution is 2.20. The van der Waals surface area contributed by atoms with Gasteiger partial charge in [0.05, 0.1) is 19.1 Å². The molecule has 0 unspecified atom stereocenters. The number of likely N-dealkylation sites (tertiary alicyclic amines) is 1. The first-order valence-electron chi connectivity index (χ1n) is 9.98. The molecule has 2 aliphatic heterocycles. The molecular formula is C21H31N3O3. The first kappa shape index (κ1) is 19.8. The maximum absolute atomic E-state index is 12.9. The number of rotatable bonds is 5. The zero-order valence-corrected chi connectivity index (χ0v) is 16.5. The molecule has 6 nitrogen and oxygen atoms in total. The third kappa shape index (κ3) is 5.53. The molecule has 6 heteroatoms. The normalized spacial score (nSPS) is 21.1. The summed E-state index contributed by atoms with van der Waals surface area (Å²) in [4.78, 5) is 29.6. The van der Waals surface area contributed by atoms with Crippen LogP contribution in [0.5, 0.6) is 0 Å². The number of morpholine rings is 1. The summed E-state index contributed by atoms with van der Waals surface area (Å²) in [5.41, 5.74) is 2.90. The number of hydrogen-bond acceptors (Lipinski definition) is 4. The van der Waals surface area contributed by atoms with E-state index in [1.807, 2.05) is 30.9 Å². The Labute approximate surface area is 161 Å². The summed E-state index contributed by atoms with van der Waals surface area (Å²) in [6, 6.07) is 5.93. The molecule has 0 radical (unpaired) electrons. The number of benzene rings is 1. The average Bonchev–Trinajstić information content (AvgIpc) is 2.67. The second-order valence-corrected chi connectivity index (χ2v) is 7.71. The lowest BCUT2D eigenvalue weighted by atomic mass is 9.96. The van der Waals surface area contributed by atoms with E-state index in [0.29, 0.717) is 13.1 Å². The van der Waals surface area contributed by atoms with Crippen LogP contribution < -0.4 is 5.32 Å². The molecule has 27 heavy (non-hydrogen) atoms. The number of ether oxygens (including phenoxy) is 1. The van der Waals surface area contributed by atoms with Gasteiger partial charge in [-0.1, -0.05) is 17.2 Å². The molecule has 2 heterocycles. The lowest BCUT2D eigenvalue weighted by Gasteiger charge is -2.32. The van der Waals surface area contributed by atoms with Gasteiger partial charge in [-0.15, -0.1) is 0 Å². The Hall–Kier alpha value is -1.92. The molecule has 0 aliphatic carbocycles. The van der Waals surface area contributed by atoms with Gasteiger partial charge in [-0.3, -0.25) is 14.5 Å². The van der Waals surface area contributed by atoms with E-state index in [4.69, 9.17) is 4.74 Å². The number of carbonyl (C=O) groups excluding carboxylic acids is 2. The van der Waals surface area contributed by atoms with Crippen molar-refractivity contribution in [2.75, 3.05) is 52.5 Å². The second-order valence-electron chi connectivity index (χ2n) is 7.71. The van der Waals surface area contributed by atoms with Crippen molar-refractivity contribution in [2.24, 2.45) is 5.92 Å². The van der Waals surface area contributed by atoms with Crippen molar-refractivity contribution in [1.82, 2.24) is 15.1 Å². The number of hydrogen-bond donors (Lipinski definition) is 1. The fraction of sp³-hybridized carbons (Fsp3) is 0.619. The average molecular weight is 373 g/mol. The van der Waals surface area contributed by atoms with Crippen LogP contribution in [0.1, 0.15) is 34.3 Å². The van der Waals surface area contributed by atoms with E-state index < -0.39 is 0 Å². The van der Waals surface area contributed by atoms with Crippen molar-refractivity contribution >= 4 is 11.8 Å². The molecule has 3 rings (SSSR count). The van der Waals surface area contributed by atoms with Crippen LogP contribution in [0, 0.1) is 19.8 Å². The Bertz CT molecular complexity index is 650. The van der Waals surface area contributed by atoms with Crippen LogP contribution in [0.4, 0.5) is 0 Å². The minimum Gasteiger partial charge on any atom is -0.379 e. The highest BCUT2D eigenvalue weighted by Gasteiger charge is 2.29. The zero-order chi connectivity index (χ0) is 19.2. The highest BCUT2D eigenvalue weighted by molar-refractivity contribution is 5.95. The smallest absolute Gasteiger partial charge is 0.253 e. The lowest BCUT2D eigenvalue weighted by molar-refractivity contribution is -0.126. The molecule has 0 aromatic heterocycles. The van der Waals surface area contributed by atoms with Gasteiger partial charge in [-0.25, -0.2) is 0 Å². The van der Waals surface area contributed by atoms with Gasteiger partial charge in [0.2, 0.25) is 5.91 Å². The molecule has 2 aliphatic rings. The number of nitrogens with one attached hydrogen (secondary N) is 1. The van der Waals surface area contributed by atoms with Crippen LogP contribution in [0.15, 0.2) is 18.2 Å². The molecule has 2 amide bonds. The predicted molar refractivity (Wildman–Crippen MR) is 105 cm³/mol. The van der Waals surface area contributed by atoms with Gasteiger partial charge in [0.1, 0.15) is 0 Å². The number of carbonyl (C=O) groups is 2. The first-order valence-corrected chi connectivity index (χ1v) is 9.98. The summed E-state index contributed by atoms with van der Waals surface area (Å²) in [5.74, 6) is -0.00732. The van der Waals surface area contributed by atoms with Gasteiger partial charge in [-0.2, -0.15) is 0 Å². The third-order valence-corrected chi connectivity index (χ3v) is 5.38. The van der Waals surface area contributed by atoms with Crippen molar-refractivity contribution in [1.29, 1.82) is 0 Å². The summed E-state index contributed by atoms with van der Waals surface area (Å²) in [5, 5.41) is 3.06. The van der Waals surface area contributed by atoms with E-state index in [9.17, 15) is 9.59 Å². The maximum atomic E-state index is 12.9. The lowest BCUT2D eigenvalue weighted by Crippen LogP contribution is -2.47. The van der Waals surface area contributed by atoms with E-state index in [-0.39, 0.29) is 17.7 Å². The third-order valence-electron chi connectivity index (χ3n) is 5.38. The molecule has 2 fully saturated rings. The summed E-state index contributed by atoms with van der Waals surface area (Å²) in [6.07, 6.45) is 1.72. The van der Waals surface area contributed by atoms with E-state index in [1.165, 1.54) is 0 Å². The SMILES string of the molecule is Cc1cc(C)cc(C(=O)N2CCC[C@@H](C(=O)NCCN3CCOCC3)C2)c1. The monoisotopic (exact) mass is 373 g/mol. The van der Waals surface area contributed by atoms with Crippen molar-refractivity contribution in [3.8, 4) is 0 Å². The molecule has 2 saturated heterocycles. The Balaban J connectivity index is 1.50. The van der Waals surface area contributed by atoms with Crippen LogP contribution in [0.25, 0.3) is 0 Å². The topological polar surface area (TPSA) is 61.9 Å². The van der Waals surface area contributed by atoms with Crippen molar-refractivity contribution in [3.05, 3.63) is 34.9 Å². The summed E-state index contributed by atoms with van der Waals surface area (Å²) >= 11 is 0. The van der Waals surface area contributed by atoms with Crippen molar-refractivity contribution in [2.45, 2.75) is 26.7 Å². The molecular weight excluding hydrogens is 342 g/mol. The van der Waals surface area contributed by atoms with Gasteiger partial charge in [-0.05, 0) is 38.8 Å². The van der Waals surface area contributed by atoms with E-state index in [1.54, 1.807) is 0 Å². The fourth-order valence-corrected chi connectivity index (χ4v) is 3.96. The van der Waals surface area contributed by atoms with E-state index >= 15 is 0 Å².